The van der Waals surface area contributed by atoms with Crippen molar-refractivity contribution < 1.29 is 58.8 Å². The average Bonchev–Trinajstić information content (AvgIpc) is 3.80. The molecular weight excluding hydrogens is 899 g/mol. The zero-order valence-electron chi connectivity index (χ0n) is 42.0. The zero-order valence-corrected chi connectivity index (χ0v) is 42.0. The van der Waals surface area contributed by atoms with E-state index in [2.05, 4.69) is 76.2 Å². The van der Waals surface area contributed by atoms with Gasteiger partial charge in [-0.1, -0.05) is 65.3 Å². The average molecular weight is 974 g/mol. The van der Waals surface area contributed by atoms with Crippen LogP contribution in [-0.4, -0.2) is 127 Å². The molecule has 0 spiro atoms. The van der Waals surface area contributed by atoms with Crippen molar-refractivity contribution in [2.75, 3.05) is 13.2 Å². The molecule has 70 heavy (non-hydrogen) atoms. The van der Waals surface area contributed by atoms with Crippen LogP contribution in [0.15, 0.2) is 42.1 Å². The minimum absolute atomic E-state index is 0.0285. The number of hydrogen-bond acceptors (Lipinski definition) is 15. The third kappa shape index (κ3) is 8.54. The largest absolute Gasteiger partial charge is 0.459 e. The Kier molecular flexibility index (Phi) is 13.6. The highest BCUT2D eigenvalue weighted by Crippen LogP contribution is 2.76. The van der Waals surface area contributed by atoms with Gasteiger partial charge in [0.05, 0.1) is 48.2 Å². The molecule has 17 heteroatoms. The van der Waals surface area contributed by atoms with Gasteiger partial charge in [0.15, 0.2) is 12.6 Å². The summed E-state index contributed by atoms with van der Waals surface area (Å²) in [6.45, 7) is 17.4. The van der Waals surface area contributed by atoms with Gasteiger partial charge >= 0.3 is 5.97 Å². The van der Waals surface area contributed by atoms with Crippen LogP contribution in [0.4, 0.5) is 0 Å². The van der Waals surface area contributed by atoms with Gasteiger partial charge in [0.25, 0.3) is 0 Å². The lowest BCUT2D eigenvalue weighted by Gasteiger charge is -2.71. The van der Waals surface area contributed by atoms with Crippen molar-refractivity contribution >= 4 is 11.9 Å². The van der Waals surface area contributed by atoms with E-state index < -0.39 is 66.6 Å². The summed E-state index contributed by atoms with van der Waals surface area (Å²) in [5, 5.41) is 73.8. The second-order valence-electron chi connectivity index (χ2n) is 24.1. The number of hydrogen-bond donors (Lipinski definition) is 6. The maximum Gasteiger partial charge on any atom is 0.313 e. The fourth-order valence-corrected chi connectivity index (χ4v) is 15.1. The third-order valence-electron chi connectivity index (χ3n) is 19.4. The van der Waals surface area contributed by atoms with Crippen LogP contribution in [0.1, 0.15) is 131 Å². The normalized spacial score (nSPS) is 42.9. The maximum atomic E-state index is 14.7. The molecule has 1 aromatic carbocycles. The summed E-state index contributed by atoms with van der Waals surface area (Å²) < 4.78 is 32.3. The number of rotatable bonds is 10. The number of aliphatic hydroxyl groups excluding tert-OH is 5. The fourth-order valence-electron chi connectivity index (χ4n) is 15.1. The summed E-state index contributed by atoms with van der Waals surface area (Å²) in [6.07, 6.45) is 1.78. The number of aromatic nitrogens is 3. The molecular formula is C53H75N5O12. The van der Waals surface area contributed by atoms with Gasteiger partial charge in [-0.25, -0.2) is 4.68 Å². The highest BCUT2D eigenvalue weighted by Gasteiger charge is 2.70. The number of aliphatic hydroxyl groups is 5. The molecule has 7 aliphatic rings. The molecule has 2 aromatic rings. The van der Waals surface area contributed by atoms with Crippen molar-refractivity contribution in [2.45, 2.75) is 188 Å². The second-order valence-corrected chi connectivity index (χ2v) is 24.1. The summed E-state index contributed by atoms with van der Waals surface area (Å²) in [6, 6.07) is 8.12. The lowest BCUT2D eigenvalue weighted by Crippen LogP contribution is -2.67. The summed E-state index contributed by atoms with van der Waals surface area (Å²) in [4.78, 5) is 27.2. The quantitative estimate of drug-likeness (QED) is 0.107. The highest BCUT2D eigenvalue weighted by atomic mass is 16.7. The van der Waals surface area contributed by atoms with Gasteiger partial charge in [0.2, 0.25) is 5.91 Å². The SMILES string of the molecule is CC(=O)N[C@H]1[C@H](O[C@H]2CC[C@]3(C)[C@H]4CC=C5[C@@H]6CC(C)(C)CC[C@]6(C(=O)OCc6cn(-c7ccc(C#N)cc7)nn6)CC[C@@]5(C)[C@]4(C)CC[C@H]3C2(C)C)O[C@H](CO[C@@H]2OC[C@H](O)[C@H](O)[C@@H]2O)[C@@H](O)[C@@H]1O. The van der Waals surface area contributed by atoms with Crippen molar-refractivity contribution in [2.24, 2.45) is 50.2 Å². The van der Waals surface area contributed by atoms with Crippen molar-refractivity contribution in [3.8, 4) is 11.8 Å². The number of ether oxygens (including phenoxy) is 5. The van der Waals surface area contributed by atoms with Gasteiger partial charge in [-0.15, -0.1) is 5.10 Å². The van der Waals surface area contributed by atoms with Crippen LogP contribution in [-0.2, 0) is 39.9 Å². The van der Waals surface area contributed by atoms with Crippen molar-refractivity contribution in [3.05, 3.63) is 53.4 Å². The number of carbonyl (C=O) groups excluding carboxylic acids is 2. The van der Waals surface area contributed by atoms with E-state index in [1.54, 1.807) is 23.0 Å². The van der Waals surface area contributed by atoms with E-state index >= 15 is 0 Å². The Morgan fingerprint density at radius 1 is 0.886 bits per heavy atom. The Hall–Kier alpha value is -3.83. The van der Waals surface area contributed by atoms with Crippen LogP contribution in [0.2, 0.25) is 0 Å². The topological polar surface area (TPSA) is 248 Å². The van der Waals surface area contributed by atoms with Gasteiger partial charge in [-0.3, -0.25) is 9.59 Å². The van der Waals surface area contributed by atoms with Crippen LogP contribution in [0.3, 0.4) is 0 Å². The summed E-state index contributed by atoms with van der Waals surface area (Å²) in [5.74, 6) is 0.0890. The Bertz CT molecular complexity index is 2350. The van der Waals surface area contributed by atoms with E-state index in [4.69, 9.17) is 23.7 Å². The molecule has 3 heterocycles. The first kappa shape index (κ1) is 51.1. The predicted octanol–water partition coefficient (Wildman–Crippen LogP) is 4.78. The molecule has 4 saturated carbocycles. The molecule has 2 saturated heterocycles. The Labute approximate surface area is 411 Å². The number of esters is 1. The molecule has 5 aliphatic carbocycles. The lowest BCUT2D eigenvalue weighted by atomic mass is 9.33. The van der Waals surface area contributed by atoms with Gasteiger partial charge in [0, 0.05) is 6.92 Å². The molecule has 9 rings (SSSR count). The van der Waals surface area contributed by atoms with E-state index in [1.807, 2.05) is 12.1 Å². The standard InChI is InChI=1S/C53H75N5O12/c1-29(59)55-40-43(63)42(62)36(28-67-46-44(64)41(61)35(60)27-66-46)69-45(40)70-39-16-17-50(6)37(49(39,4)5)15-18-52(8)38(50)14-13-33-34-23-48(2,3)19-21-53(34,22-20-51(33,52)7)47(65)68-26-31-25-58(57-56-31)32-11-9-30(24-54)10-12-32/h9-13,25,34-46,60-64H,14-23,26-28H2,1-8H3,(H,55,59)/t34-,35-,36+,37-,38+,39-,40+,41-,42+,43+,44-,45-,46-,50-,51+,52+,53-/m0/s1. The first-order chi connectivity index (χ1) is 33.0. The summed E-state index contributed by atoms with van der Waals surface area (Å²) >= 11 is 0. The lowest BCUT2D eigenvalue weighted by molar-refractivity contribution is -0.322. The zero-order chi connectivity index (χ0) is 50.3. The van der Waals surface area contributed by atoms with Gasteiger partial charge in [-0.2, -0.15) is 5.26 Å². The number of nitrogens with one attached hydrogen (secondary N) is 1. The highest BCUT2D eigenvalue weighted by molar-refractivity contribution is 5.79. The molecule has 0 unspecified atom stereocenters. The van der Waals surface area contributed by atoms with E-state index in [-0.39, 0.29) is 70.8 Å². The first-order valence-electron chi connectivity index (χ1n) is 25.5. The van der Waals surface area contributed by atoms with Crippen LogP contribution in [0.5, 0.6) is 0 Å². The Morgan fingerprint density at radius 2 is 1.61 bits per heavy atom. The minimum atomic E-state index is -1.55. The summed E-state index contributed by atoms with van der Waals surface area (Å²) in [5.41, 5.74) is 2.11. The van der Waals surface area contributed by atoms with Crippen LogP contribution in [0, 0.1) is 61.6 Å². The van der Waals surface area contributed by atoms with Gasteiger partial charge in [-0.05, 0) is 133 Å². The molecule has 17 atom stereocenters. The van der Waals surface area contributed by atoms with Crippen LogP contribution < -0.4 is 5.32 Å². The Morgan fingerprint density at radius 3 is 2.33 bits per heavy atom. The second kappa shape index (κ2) is 18.6. The van der Waals surface area contributed by atoms with Crippen LogP contribution in [0.25, 0.3) is 5.69 Å². The number of nitriles is 1. The fraction of sp³-hybridized carbons (Fsp3) is 0.755. The molecule has 1 aromatic heterocycles. The van der Waals surface area contributed by atoms with E-state index in [1.165, 1.54) is 12.5 Å². The molecule has 17 nitrogen and oxygen atoms in total. The molecule has 384 valence electrons. The summed E-state index contributed by atoms with van der Waals surface area (Å²) in [7, 11) is 0. The number of carbonyl (C=O) groups is 2. The van der Waals surface area contributed by atoms with E-state index in [0.29, 0.717) is 23.6 Å². The molecule has 0 radical (unpaired) electrons. The number of nitrogens with zero attached hydrogens (tertiary/aromatic N) is 4. The molecule has 2 aliphatic heterocycles. The van der Waals surface area contributed by atoms with Crippen molar-refractivity contribution in [3.63, 3.8) is 0 Å². The number of amides is 1. The van der Waals surface area contributed by atoms with Crippen molar-refractivity contribution in [1.82, 2.24) is 20.3 Å². The van der Waals surface area contributed by atoms with Gasteiger partial charge < -0.3 is 54.5 Å². The van der Waals surface area contributed by atoms with E-state index in [0.717, 1.165) is 63.5 Å². The third-order valence-corrected chi connectivity index (χ3v) is 19.4. The number of fused-ring (bicyclic) bond motifs is 7. The monoisotopic (exact) mass is 974 g/mol. The molecule has 0 bridgehead atoms. The van der Waals surface area contributed by atoms with Crippen LogP contribution >= 0.6 is 0 Å². The molecule has 6 fully saturated rings. The number of allylic oxidation sites excluding steroid dienone is 2. The van der Waals surface area contributed by atoms with Gasteiger partial charge in [0.1, 0.15) is 55.0 Å². The molecule has 6 N–H and O–H groups in total. The minimum Gasteiger partial charge on any atom is -0.459 e. The van der Waals surface area contributed by atoms with Crippen molar-refractivity contribution in [1.29, 1.82) is 5.26 Å². The maximum absolute atomic E-state index is 14.7. The first-order valence-corrected chi connectivity index (χ1v) is 25.5. The van der Waals surface area contributed by atoms with E-state index in [9.17, 15) is 40.4 Å². The predicted molar refractivity (Wildman–Crippen MR) is 252 cm³/mol. The number of benzene rings is 1. The molecule has 1 amide bonds. The smallest absolute Gasteiger partial charge is 0.313 e. The Balaban J connectivity index is 0.922.